The fourth-order valence-electron chi connectivity index (χ4n) is 2.31. The number of nitrogens with zero attached hydrogens (tertiary/aromatic N) is 1. The van der Waals surface area contributed by atoms with Crippen molar-refractivity contribution in [3.63, 3.8) is 0 Å². The quantitative estimate of drug-likeness (QED) is 0.734. The van der Waals surface area contributed by atoms with Crippen LogP contribution in [0.25, 0.3) is 0 Å². The van der Waals surface area contributed by atoms with Crippen LogP contribution in [-0.2, 0) is 4.79 Å². The van der Waals surface area contributed by atoms with Crippen LogP contribution in [0, 0.1) is 10.8 Å². The molecule has 1 rings (SSSR count). The highest BCUT2D eigenvalue weighted by molar-refractivity contribution is 5.81. The number of carboxylic acids is 1. The molecular formula is C13H22N2O3. The third-order valence-corrected chi connectivity index (χ3v) is 4.25. The maximum Gasteiger partial charge on any atom is 0.323 e. The van der Waals surface area contributed by atoms with Crippen LogP contribution >= 0.6 is 0 Å². The van der Waals surface area contributed by atoms with Gasteiger partial charge in [-0.25, -0.2) is 4.79 Å². The first-order valence-corrected chi connectivity index (χ1v) is 6.02. The largest absolute Gasteiger partial charge is 0.480 e. The Labute approximate surface area is 108 Å². The van der Waals surface area contributed by atoms with Crippen molar-refractivity contribution in [3.05, 3.63) is 12.7 Å². The Kier molecular flexibility index (Phi) is 3.74. The molecule has 0 aliphatic heterocycles. The van der Waals surface area contributed by atoms with Gasteiger partial charge in [0.1, 0.15) is 6.54 Å². The molecule has 5 nitrogen and oxygen atoms in total. The molecule has 0 spiro atoms. The van der Waals surface area contributed by atoms with Gasteiger partial charge in [0.05, 0.1) is 0 Å². The average Bonchev–Trinajstić information content (AvgIpc) is 2.59. The van der Waals surface area contributed by atoms with Gasteiger partial charge in [-0.2, -0.15) is 0 Å². The molecule has 1 aliphatic carbocycles. The maximum atomic E-state index is 12.0. The molecule has 18 heavy (non-hydrogen) atoms. The van der Waals surface area contributed by atoms with Crippen molar-refractivity contribution in [2.75, 3.05) is 13.1 Å². The fourth-order valence-corrected chi connectivity index (χ4v) is 2.31. The number of carboxylic acid groups (broad SMARTS) is 1. The molecule has 0 atom stereocenters. The maximum absolute atomic E-state index is 12.0. The van der Waals surface area contributed by atoms with Crippen LogP contribution in [0.1, 0.15) is 27.7 Å². The lowest BCUT2D eigenvalue weighted by molar-refractivity contribution is -0.137. The standard InChI is InChI=1S/C13H22N2O3/c1-6-7-15(8-9(16)17)11(18)14-10-12(2,3)13(10,4)5/h6,10H,1,7-8H2,2-5H3,(H,14,18)(H,16,17). The zero-order valence-electron chi connectivity index (χ0n) is 11.5. The van der Waals surface area contributed by atoms with Crippen molar-refractivity contribution in [3.8, 4) is 0 Å². The molecule has 0 heterocycles. The van der Waals surface area contributed by atoms with E-state index in [1.165, 1.54) is 11.0 Å². The van der Waals surface area contributed by atoms with E-state index in [0.717, 1.165) is 0 Å². The molecule has 102 valence electrons. The monoisotopic (exact) mass is 254 g/mol. The van der Waals surface area contributed by atoms with Gasteiger partial charge in [0, 0.05) is 12.6 Å². The first kappa shape index (κ1) is 14.5. The Morgan fingerprint density at radius 3 is 2.17 bits per heavy atom. The minimum Gasteiger partial charge on any atom is -0.480 e. The van der Waals surface area contributed by atoms with Crippen molar-refractivity contribution < 1.29 is 14.7 Å². The molecule has 5 heteroatoms. The Morgan fingerprint density at radius 2 is 1.83 bits per heavy atom. The first-order valence-electron chi connectivity index (χ1n) is 6.02. The predicted molar refractivity (Wildman–Crippen MR) is 69.3 cm³/mol. The van der Waals surface area contributed by atoms with Crippen molar-refractivity contribution in [1.29, 1.82) is 0 Å². The highest BCUT2D eigenvalue weighted by Gasteiger charge is 2.65. The number of hydrogen-bond donors (Lipinski definition) is 2. The van der Waals surface area contributed by atoms with Crippen LogP contribution in [0.15, 0.2) is 12.7 Å². The first-order chi connectivity index (χ1) is 8.14. The van der Waals surface area contributed by atoms with Crippen molar-refractivity contribution in [1.82, 2.24) is 10.2 Å². The van der Waals surface area contributed by atoms with E-state index in [2.05, 4.69) is 39.6 Å². The Balaban J connectivity index is 2.64. The van der Waals surface area contributed by atoms with Gasteiger partial charge in [0.15, 0.2) is 0 Å². The Bertz CT molecular complexity index is 360. The summed E-state index contributed by atoms with van der Waals surface area (Å²) in [4.78, 5) is 23.9. The third-order valence-electron chi connectivity index (χ3n) is 4.25. The number of urea groups is 1. The van der Waals surface area contributed by atoms with Crippen LogP contribution in [-0.4, -0.2) is 41.1 Å². The molecule has 1 aliphatic rings. The second-order valence-electron chi connectivity index (χ2n) is 5.89. The zero-order chi connectivity index (χ0) is 14.1. The van der Waals surface area contributed by atoms with Gasteiger partial charge in [-0.3, -0.25) is 4.79 Å². The van der Waals surface area contributed by atoms with Crippen LogP contribution in [0.4, 0.5) is 4.79 Å². The van der Waals surface area contributed by atoms with Gasteiger partial charge in [-0.15, -0.1) is 6.58 Å². The molecule has 0 saturated heterocycles. The number of carbonyl (C=O) groups is 2. The topological polar surface area (TPSA) is 69.6 Å². The van der Waals surface area contributed by atoms with Crippen LogP contribution < -0.4 is 5.32 Å². The Morgan fingerprint density at radius 1 is 1.33 bits per heavy atom. The second kappa shape index (κ2) is 4.63. The summed E-state index contributed by atoms with van der Waals surface area (Å²) in [6.07, 6.45) is 1.52. The van der Waals surface area contributed by atoms with E-state index in [1.54, 1.807) is 0 Å². The molecular weight excluding hydrogens is 232 g/mol. The van der Waals surface area contributed by atoms with E-state index in [9.17, 15) is 9.59 Å². The van der Waals surface area contributed by atoms with Crippen LogP contribution in [0.2, 0.25) is 0 Å². The summed E-state index contributed by atoms with van der Waals surface area (Å²) >= 11 is 0. The summed E-state index contributed by atoms with van der Waals surface area (Å²) < 4.78 is 0. The normalized spacial score (nSPS) is 20.0. The van der Waals surface area contributed by atoms with E-state index in [-0.39, 0.29) is 36.0 Å². The van der Waals surface area contributed by atoms with Gasteiger partial charge < -0.3 is 15.3 Å². The summed E-state index contributed by atoms with van der Waals surface area (Å²) in [7, 11) is 0. The number of rotatable bonds is 5. The molecule has 0 aromatic rings. The minimum atomic E-state index is -1.03. The van der Waals surface area contributed by atoms with Crippen molar-refractivity contribution in [2.24, 2.45) is 10.8 Å². The molecule has 0 aromatic heterocycles. The molecule has 0 aromatic carbocycles. The highest BCUT2D eigenvalue weighted by atomic mass is 16.4. The summed E-state index contributed by atoms with van der Waals surface area (Å²) in [6, 6.07) is -0.278. The van der Waals surface area contributed by atoms with Gasteiger partial charge in [0.25, 0.3) is 0 Å². The van der Waals surface area contributed by atoms with E-state index >= 15 is 0 Å². The highest BCUT2D eigenvalue weighted by Crippen LogP contribution is 2.62. The fraction of sp³-hybridized carbons (Fsp3) is 0.692. The number of aliphatic carboxylic acids is 1. The average molecular weight is 254 g/mol. The number of hydrogen-bond acceptors (Lipinski definition) is 2. The summed E-state index contributed by atoms with van der Waals surface area (Å²) in [6.45, 7) is 11.8. The van der Waals surface area contributed by atoms with Gasteiger partial charge >= 0.3 is 12.0 Å². The lowest BCUT2D eigenvalue weighted by Crippen LogP contribution is -2.45. The van der Waals surface area contributed by atoms with Crippen molar-refractivity contribution >= 4 is 12.0 Å². The Hall–Kier alpha value is -1.52. The number of amides is 2. The number of carbonyl (C=O) groups excluding carboxylic acids is 1. The van der Waals surface area contributed by atoms with E-state index in [4.69, 9.17) is 5.11 Å². The van der Waals surface area contributed by atoms with E-state index in [1.807, 2.05) is 0 Å². The molecule has 0 unspecified atom stereocenters. The lowest BCUT2D eigenvalue weighted by atomic mass is 10.0. The molecule has 2 amide bonds. The zero-order valence-corrected chi connectivity index (χ0v) is 11.5. The summed E-state index contributed by atoms with van der Waals surface area (Å²) in [5.74, 6) is -1.03. The minimum absolute atomic E-state index is 0.0335. The molecule has 1 saturated carbocycles. The molecule has 1 fully saturated rings. The molecule has 0 radical (unpaired) electrons. The van der Waals surface area contributed by atoms with Crippen molar-refractivity contribution in [2.45, 2.75) is 33.7 Å². The SMILES string of the molecule is C=CCN(CC(=O)O)C(=O)NC1C(C)(C)C1(C)C. The summed E-state index contributed by atoms with van der Waals surface area (Å²) in [5, 5.41) is 11.7. The second-order valence-corrected chi connectivity index (χ2v) is 5.89. The van der Waals surface area contributed by atoms with Crippen LogP contribution in [0.3, 0.4) is 0 Å². The smallest absolute Gasteiger partial charge is 0.323 e. The van der Waals surface area contributed by atoms with Gasteiger partial charge in [-0.1, -0.05) is 33.8 Å². The van der Waals surface area contributed by atoms with Crippen LogP contribution in [0.5, 0.6) is 0 Å². The predicted octanol–water partition coefficient (Wildman–Crippen LogP) is 1.70. The summed E-state index contributed by atoms with van der Waals surface area (Å²) in [5.41, 5.74) is 0.0669. The van der Waals surface area contributed by atoms with E-state index < -0.39 is 5.97 Å². The van der Waals surface area contributed by atoms with E-state index in [0.29, 0.717) is 0 Å². The molecule has 2 N–H and O–H groups in total. The number of nitrogens with one attached hydrogen (secondary N) is 1. The molecule has 0 bridgehead atoms. The third kappa shape index (κ3) is 2.49. The van der Waals surface area contributed by atoms with Gasteiger partial charge in [0.2, 0.25) is 0 Å². The lowest BCUT2D eigenvalue weighted by Gasteiger charge is -2.20. The van der Waals surface area contributed by atoms with Gasteiger partial charge in [-0.05, 0) is 10.8 Å².